The number of nitrogens with zero attached hydrogens (tertiary/aromatic N) is 3. The number of hydrogen-bond donors (Lipinski definition) is 1. The highest BCUT2D eigenvalue weighted by Gasteiger charge is 2.08. The van der Waals surface area contributed by atoms with Crippen LogP contribution in [0, 0.1) is 11.3 Å². The average Bonchev–Trinajstić information content (AvgIpc) is 2.80. The van der Waals surface area contributed by atoms with E-state index in [-0.39, 0.29) is 0 Å². The number of nitrogens with two attached hydrogens (primary N) is 1. The van der Waals surface area contributed by atoms with Crippen LogP contribution in [0.1, 0.15) is 5.56 Å². The van der Waals surface area contributed by atoms with E-state index in [1.54, 1.807) is 30.0 Å². The highest BCUT2D eigenvalue weighted by atomic mass is 32.2. The van der Waals surface area contributed by atoms with Crippen LogP contribution < -0.4 is 5.73 Å². The predicted molar refractivity (Wildman–Crippen MR) is 71.4 cm³/mol. The SMILES string of the molecule is CSc1nnc(Sc2cc(C#N)ccc2N)s1. The van der Waals surface area contributed by atoms with E-state index in [2.05, 4.69) is 16.3 Å². The Labute approximate surface area is 111 Å². The van der Waals surface area contributed by atoms with Crippen LogP contribution in [-0.2, 0) is 0 Å². The lowest BCUT2D eigenvalue weighted by Gasteiger charge is -2.02. The molecule has 0 unspecified atom stereocenters. The van der Waals surface area contributed by atoms with E-state index >= 15 is 0 Å². The van der Waals surface area contributed by atoms with Gasteiger partial charge in [0.1, 0.15) is 0 Å². The molecule has 0 saturated heterocycles. The number of thioether (sulfide) groups is 1. The molecule has 0 radical (unpaired) electrons. The summed E-state index contributed by atoms with van der Waals surface area (Å²) in [5.41, 5.74) is 7.09. The first-order chi connectivity index (χ1) is 8.22. The second-order valence-corrected chi connectivity index (χ2v) is 6.32. The van der Waals surface area contributed by atoms with Gasteiger partial charge in [-0.1, -0.05) is 34.9 Å². The van der Waals surface area contributed by atoms with Crippen LogP contribution >= 0.6 is 34.9 Å². The summed E-state index contributed by atoms with van der Waals surface area (Å²) in [6, 6.07) is 7.29. The molecule has 0 bridgehead atoms. The maximum Gasteiger partial charge on any atom is 0.179 e. The van der Waals surface area contributed by atoms with Gasteiger partial charge in [0, 0.05) is 10.6 Å². The van der Waals surface area contributed by atoms with Crippen LogP contribution in [0.5, 0.6) is 0 Å². The van der Waals surface area contributed by atoms with Gasteiger partial charge in [-0.15, -0.1) is 10.2 Å². The highest BCUT2D eigenvalue weighted by Crippen LogP contribution is 2.35. The molecular weight excluding hydrogens is 272 g/mol. The van der Waals surface area contributed by atoms with Crippen molar-refractivity contribution in [3.05, 3.63) is 23.8 Å². The summed E-state index contributed by atoms with van der Waals surface area (Å²) in [5.74, 6) is 0. The first-order valence-electron chi connectivity index (χ1n) is 4.58. The van der Waals surface area contributed by atoms with Crippen LogP contribution in [0.3, 0.4) is 0 Å². The molecule has 0 spiro atoms. The Kier molecular flexibility index (Phi) is 3.89. The Balaban J connectivity index is 2.26. The zero-order valence-electron chi connectivity index (χ0n) is 8.88. The zero-order chi connectivity index (χ0) is 12.3. The fourth-order valence-electron chi connectivity index (χ4n) is 1.11. The minimum Gasteiger partial charge on any atom is -0.398 e. The van der Waals surface area contributed by atoms with Gasteiger partial charge >= 0.3 is 0 Å². The van der Waals surface area contributed by atoms with Gasteiger partial charge in [-0.3, -0.25) is 0 Å². The van der Waals surface area contributed by atoms with Crippen molar-refractivity contribution in [3.8, 4) is 6.07 Å². The second-order valence-electron chi connectivity index (χ2n) is 3.00. The zero-order valence-corrected chi connectivity index (χ0v) is 11.3. The van der Waals surface area contributed by atoms with Gasteiger partial charge in [0.25, 0.3) is 0 Å². The van der Waals surface area contributed by atoms with Crippen molar-refractivity contribution >= 4 is 40.5 Å². The lowest BCUT2D eigenvalue weighted by Crippen LogP contribution is -1.89. The van der Waals surface area contributed by atoms with Crippen molar-refractivity contribution in [2.24, 2.45) is 0 Å². The van der Waals surface area contributed by atoms with E-state index in [9.17, 15) is 0 Å². The maximum absolute atomic E-state index is 8.83. The van der Waals surface area contributed by atoms with Gasteiger partial charge in [0.15, 0.2) is 8.68 Å². The molecular formula is C10H8N4S3. The number of rotatable bonds is 3. The van der Waals surface area contributed by atoms with Crippen molar-refractivity contribution in [2.75, 3.05) is 12.0 Å². The van der Waals surface area contributed by atoms with Crippen LogP contribution in [0.4, 0.5) is 5.69 Å². The van der Waals surface area contributed by atoms with Crippen LogP contribution in [0.15, 0.2) is 31.8 Å². The number of benzene rings is 1. The lowest BCUT2D eigenvalue weighted by molar-refractivity contribution is 0.956. The van der Waals surface area contributed by atoms with Gasteiger partial charge < -0.3 is 5.73 Å². The molecule has 1 aromatic heterocycles. The topological polar surface area (TPSA) is 75.6 Å². The Hall–Kier alpha value is -1.23. The summed E-state index contributed by atoms with van der Waals surface area (Å²) in [4.78, 5) is 0.841. The number of anilines is 1. The molecule has 86 valence electrons. The van der Waals surface area contributed by atoms with E-state index < -0.39 is 0 Å². The largest absolute Gasteiger partial charge is 0.398 e. The van der Waals surface area contributed by atoms with Crippen molar-refractivity contribution < 1.29 is 0 Å². The first kappa shape index (κ1) is 12.2. The molecule has 0 amide bonds. The van der Waals surface area contributed by atoms with E-state index in [0.717, 1.165) is 13.6 Å². The van der Waals surface area contributed by atoms with Crippen LogP contribution in [0.25, 0.3) is 0 Å². The average molecular weight is 280 g/mol. The molecule has 2 N–H and O–H groups in total. The van der Waals surface area contributed by atoms with E-state index in [4.69, 9.17) is 11.0 Å². The van der Waals surface area contributed by atoms with Gasteiger partial charge in [-0.2, -0.15) is 5.26 Å². The molecule has 0 saturated carbocycles. The Morgan fingerprint density at radius 3 is 2.76 bits per heavy atom. The minimum atomic E-state index is 0.594. The normalized spacial score (nSPS) is 10.1. The lowest BCUT2D eigenvalue weighted by atomic mass is 10.2. The summed E-state index contributed by atoms with van der Waals surface area (Å²) < 4.78 is 1.75. The predicted octanol–water partition coefficient (Wildman–Crippen LogP) is 2.87. The summed E-state index contributed by atoms with van der Waals surface area (Å²) in [6.07, 6.45) is 1.96. The Morgan fingerprint density at radius 2 is 2.12 bits per heavy atom. The monoisotopic (exact) mass is 280 g/mol. The molecule has 0 aliphatic heterocycles. The van der Waals surface area contributed by atoms with Crippen molar-refractivity contribution in [3.63, 3.8) is 0 Å². The number of nitrogen functional groups attached to an aromatic ring is 1. The number of aromatic nitrogens is 2. The fourth-order valence-corrected chi connectivity index (χ4v) is 3.59. The fraction of sp³-hybridized carbons (Fsp3) is 0.100. The maximum atomic E-state index is 8.83. The third-order valence-electron chi connectivity index (χ3n) is 1.90. The summed E-state index contributed by atoms with van der Waals surface area (Å²) in [7, 11) is 0. The van der Waals surface area contributed by atoms with Crippen molar-refractivity contribution in [1.29, 1.82) is 5.26 Å². The van der Waals surface area contributed by atoms with Crippen LogP contribution in [-0.4, -0.2) is 16.5 Å². The van der Waals surface area contributed by atoms with E-state index in [1.807, 2.05) is 6.26 Å². The van der Waals surface area contributed by atoms with Gasteiger partial charge in [-0.25, -0.2) is 0 Å². The van der Waals surface area contributed by atoms with Gasteiger partial charge in [0.05, 0.1) is 11.6 Å². The first-order valence-corrected chi connectivity index (χ1v) is 7.43. The van der Waals surface area contributed by atoms with Gasteiger partial charge in [-0.05, 0) is 24.5 Å². The van der Waals surface area contributed by atoms with Crippen molar-refractivity contribution in [1.82, 2.24) is 10.2 Å². The second kappa shape index (κ2) is 5.40. The quantitative estimate of drug-likeness (QED) is 0.688. The standard InChI is InChI=1S/C10H8N4S3/c1-15-9-13-14-10(17-9)16-8-4-6(5-11)2-3-7(8)12/h2-4H,12H2,1H3. The summed E-state index contributed by atoms with van der Waals surface area (Å²) in [6.45, 7) is 0. The summed E-state index contributed by atoms with van der Waals surface area (Å²) in [5, 5.41) is 16.9. The Bertz CT molecular complexity index is 573. The van der Waals surface area contributed by atoms with Crippen molar-refractivity contribution in [2.45, 2.75) is 13.6 Å². The van der Waals surface area contributed by atoms with Gasteiger partial charge in [0.2, 0.25) is 0 Å². The molecule has 17 heavy (non-hydrogen) atoms. The summed E-state index contributed by atoms with van der Waals surface area (Å²) >= 11 is 4.51. The van der Waals surface area contributed by atoms with E-state index in [1.165, 1.54) is 23.1 Å². The van der Waals surface area contributed by atoms with Crippen LogP contribution in [0.2, 0.25) is 0 Å². The highest BCUT2D eigenvalue weighted by molar-refractivity contribution is 8.03. The third-order valence-corrected chi connectivity index (χ3v) is 4.93. The molecule has 0 aliphatic rings. The molecule has 0 fully saturated rings. The molecule has 4 nitrogen and oxygen atoms in total. The minimum absolute atomic E-state index is 0.594. The third kappa shape index (κ3) is 2.91. The molecule has 1 aromatic carbocycles. The van der Waals surface area contributed by atoms with E-state index in [0.29, 0.717) is 11.3 Å². The molecule has 0 atom stereocenters. The molecule has 2 aromatic rings. The molecule has 2 rings (SSSR count). The molecule has 7 heteroatoms. The number of nitriles is 1. The number of hydrogen-bond acceptors (Lipinski definition) is 7. The molecule has 1 heterocycles. The molecule has 0 aliphatic carbocycles. The Morgan fingerprint density at radius 1 is 1.35 bits per heavy atom. The smallest absolute Gasteiger partial charge is 0.179 e.